The minimum atomic E-state index is -0.872. The van der Waals surface area contributed by atoms with E-state index in [2.05, 4.69) is 34.3 Å². The Morgan fingerprint density at radius 3 is 2.91 bits per heavy atom. The Labute approximate surface area is 193 Å². The number of fused-ring (bicyclic) bond motifs is 1. The van der Waals surface area contributed by atoms with Gasteiger partial charge in [0.25, 0.3) is 0 Å². The SMILES string of the molecule is COc1ccc2c3c1O[C@H]1[C@H](N4CC(=O)Nc5ccccc54)CC[C@@]4(O)[C@@H](C2)N(C)CC[C@]314. The number of methoxy groups -OCH3 is 1. The lowest BCUT2D eigenvalue weighted by molar-refractivity contribution is -0.184. The average molecular weight is 448 g/mol. The maximum Gasteiger partial charge on any atom is 0.243 e. The van der Waals surface area contributed by atoms with Crippen molar-refractivity contribution in [2.75, 3.05) is 37.5 Å². The van der Waals surface area contributed by atoms with Crippen LogP contribution in [-0.4, -0.2) is 66.9 Å². The van der Waals surface area contributed by atoms with Crippen LogP contribution < -0.4 is 19.7 Å². The second kappa shape index (κ2) is 6.42. The van der Waals surface area contributed by atoms with E-state index in [4.69, 9.17) is 9.47 Å². The molecule has 7 nitrogen and oxygen atoms in total. The lowest BCUT2D eigenvalue weighted by Crippen LogP contribution is -2.78. The number of benzene rings is 2. The van der Waals surface area contributed by atoms with Crippen LogP contribution in [0.4, 0.5) is 11.4 Å². The minimum absolute atomic E-state index is 0.00860. The van der Waals surface area contributed by atoms with E-state index in [0.29, 0.717) is 13.0 Å². The smallest absolute Gasteiger partial charge is 0.243 e. The van der Waals surface area contributed by atoms with E-state index in [1.807, 2.05) is 24.3 Å². The van der Waals surface area contributed by atoms with Crippen molar-refractivity contribution in [3.8, 4) is 11.5 Å². The number of likely N-dealkylation sites (tertiary alicyclic amines) is 1. The van der Waals surface area contributed by atoms with Crippen molar-refractivity contribution in [2.24, 2.45) is 0 Å². The Bertz CT molecular complexity index is 1180. The number of hydrogen-bond acceptors (Lipinski definition) is 6. The number of piperidine rings is 1. The largest absolute Gasteiger partial charge is 0.493 e. The summed E-state index contributed by atoms with van der Waals surface area (Å²) >= 11 is 0. The second-order valence-corrected chi connectivity index (χ2v) is 10.3. The maximum atomic E-state index is 12.7. The van der Waals surface area contributed by atoms with Crippen LogP contribution >= 0.6 is 0 Å². The van der Waals surface area contributed by atoms with Crippen molar-refractivity contribution in [3.63, 3.8) is 0 Å². The van der Waals surface area contributed by atoms with Crippen LogP contribution in [0, 0.1) is 0 Å². The number of rotatable bonds is 2. The number of hydrogen-bond donors (Lipinski definition) is 2. The molecular weight excluding hydrogens is 418 g/mol. The molecule has 2 aliphatic carbocycles. The summed E-state index contributed by atoms with van der Waals surface area (Å²) in [6.07, 6.45) is 2.84. The molecule has 3 aliphatic heterocycles. The first kappa shape index (κ1) is 19.7. The molecule has 1 amide bonds. The van der Waals surface area contributed by atoms with Crippen LogP contribution in [0.3, 0.4) is 0 Å². The normalized spacial score (nSPS) is 35.9. The Morgan fingerprint density at radius 1 is 1.21 bits per heavy atom. The van der Waals surface area contributed by atoms with Gasteiger partial charge in [-0.3, -0.25) is 4.79 Å². The number of aliphatic hydroxyl groups is 1. The number of nitrogens with zero attached hydrogens (tertiary/aromatic N) is 2. The van der Waals surface area contributed by atoms with Crippen LogP contribution in [-0.2, 0) is 16.6 Å². The molecule has 0 aromatic heterocycles. The van der Waals surface area contributed by atoms with Gasteiger partial charge < -0.3 is 29.7 Å². The number of likely N-dealkylation sites (N-methyl/N-ethyl adjacent to an activating group) is 1. The van der Waals surface area contributed by atoms with E-state index < -0.39 is 11.0 Å². The van der Waals surface area contributed by atoms with Gasteiger partial charge in [-0.05, 0) is 63.0 Å². The van der Waals surface area contributed by atoms with Gasteiger partial charge in [0.15, 0.2) is 11.5 Å². The lowest BCUT2D eigenvalue weighted by atomic mass is 9.48. The number of carbonyl (C=O) groups is 1. The average Bonchev–Trinajstić information content (AvgIpc) is 3.16. The highest BCUT2D eigenvalue weighted by molar-refractivity contribution is 6.01. The third kappa shape index (κ3) is 2.25. The first-order valence-corrected chi connectivity index (χ1v) is 11.9. The van der Waals surface area contributed by atoms with Crippen LogP contribution in [0.5, 0.6) is 11.5 Å². The van der Waals surface area contributed by atoms with Crippen LogP contribution in [0.1, 0.15) is 30.4 Å². The standard InChI is InChI=1S/C26H29N3O4/c1-28-12-11-25-22-15-7-8-19(32-2)23(22)33-24(25)18(9-10-26(25,31)20(28)13-15)29-14-21(30)27-16-5-3-4-6-17(16)29/h3-8,18,20,24,31H,9-14H2,1-2H3,(H,27,30)/t18-,20-,24+,25+,26-/m1/s1. The van der Waals surface area contributed by atoms with Crippen LogP contribution in [0.2, 0.25) is 0 Å². The highest BCUT2D eigenvalue weighted by Crippen LogP contribution is 2.66. The van der Waals surface area contributed by atoms with Crippen molar-refractivity contribution < 1.29 is 19.4 Å². The zero-order valence-corrected chi connectivity index (χ0v) is 19.0. The molecule has 1 spiro atoms. The van der Waals surface area contributed by atoms with Gasteiger partial charge in [0.2, 0.25) is 5.91 Å². The molecule has 172 valence electrons. The molecule has 2 aromatic carbocycles. The number of ether oxygens (including phenoxy) is 2. The molecule has 0 radical (unpaired) electrons. The third-order valence-electron chi connectivity index (χ3n) is 9.10. The van der Waals surface area contributed by atoms with Gasteiger partial charge >= 0.3 is 0 Å². The second-order valence-electron chi connectivity index (χ2n) is 10.3. The van der Waals surface area contributed by atoms with Crippen molar-refractivity contribution in [3.05, 3.63) is 47.5 Å². The fourth-order valence-corrected chi connectivity index (χ4v) is 7.75. The van der Waals surface area contributed by atoms with E-state index >= 15 is 0 Å². The quantitative estimate of drug-likeness (QED) is 0.736. The highest BCUT2D eigenvalue weighted by Gasteiger charge is 2.73. The predicted octanol–water partition coefficient (Wildman–Crippen LogP) is 2.31. The molecule has 3 heterocycles. The fraction of sp³-hybridized carbons (Fsp3) is 0.500. The predicted molar refractivity (Wildman–Crippen MR) is 124 cm³/mol. The summed E-state index contributed by atoms with van der Waals surface area (Å²) in [5, 5.41) is 15.5. The zero-order valence-electron chi connectivity index (χ0n) is 19.0. The fourth-order valence-electron chi connectivity index (χ4n) is 7.75. The Kier molecular flexibility index (Phi) is 3.83. The summed E-state index contributed by atoms with van der Waals surface area (Å²) in [6.45, 7) is 1.20. The van der Waals surface area contributed by atoms with Gasteiger partial charge in [0.05, 0.1) is 42.1 Å². The van der Waals surface area contributed by atoms with Crippen molar-refractivity contribution >= 4 is 17.3 Å². The van der Waals surface area contributed by atoms with Crippen LogP contribution in [0.25, 0.3) is 0 Å². The monoisotopic (exact) mass is 447 g/mol. The molecule has 1 saturated heterocycles. The number of carbonyl (C=O) groups excluding carboxylic acids is 1. The molecule has 2 bridgehead atoms. The molecule has 7 rings (SSSR count). The van der Waals surface area contributed by atoms with Gasteiger partial charge in [-0.15, -0.1) is 0 Å². The number of amides is 1. The lowest BCUT2D eigenvalue weighted by Gasteiger charge is -2.64. The van der Waals surface area contributed by atoms with E-state index in [9.17, 15) is 9.90 Å². The molecule has 2 N–H and O–H groups in total. The summed E-state index contributed by atoms with van der Waals surface area (Å²) in [5.41, 5.74) is 2.89. The number of anilines is 2. The van der Waals surface area contributed by atoms with Crippen molar-refractivity contribution in [1.29, 1.82) is 0 Å². The number of nitrogens with one attached hydrogen (secondary N) is 1. The Balaban J connectivity index is 1.43. The third-order valence-corrected chi connectivity index (χ3v) is 9.10. The molecule has 0 unspecified atom stereocenters. The summed E-state index contributed by atoms with van der Waals surface area (Å²) in [7, 11) is 3.81. The summed E-state index contributed by atoms with van der Waals surface area (Å²) in [4.78, 5) is 17.2. The number of para-hydroxylation sites is 2. The molecule has 33 heavy (non-hydrogen) atoms. The van der Waals surface area contributed by atoms with Gasteiger partial charge in [0, 0.05) is 11.6 Å². The molecule has 5 aliphatic rings. The van der Waals surface area contributed by atoms with Crippen molar-refractivity contribution in [2.45, 2.75) is 54.9 Å². The van der Waals surface area contributed by atoms with E-state index in [0.717, 1.165) is 54.2 Å². The van der Waals surface area contributed by atoms with Crippen molar-refractivity contribution in [1.82, 2.24) is 4.90 Å². The maximum absolute atomic E-state index is 12.7. The van der Waals surface area contributed by atoms with Gasteiger partial charge in [-0.25, -0.2) is 0 Å². The topological polar surface area (TPSA) is 74.3 Å². The molecular formula is C26H29N3O4. The molecule has 2 aromatic rings. The van der Waals surface area contributed by atoms with Crippen LogP contribution in [0.15, 0.2) is 36.4 Å². The first-order valence-electron chi connectivity index (χ1n) is 11.9. The first-order chi connectivity index (χ1) is 16.0. The molecule has 7 heteroatoms. The zero-order chi connectivity index (χ0) is 22.5. The summed E-state index contributed by atoms with van der Waals surface area (Å²) in [6, 6.07) is 12.2. The van der Waals surface area contributed by atoms with E-state index in [1.54, 1.807) is 7.11 Å². The van der Waals surface area contributed by atoms with Gasteiger partial charge in [-0.2, -0.15) is 0 Å². The van der Waals surface area contributed by atoms with Gasteiger partial charge in [0.1, 0.15) is 6.10 Å². The van der Waals surface area contributed by atoms with Gasteiger partial charge in [-0.1, -0.05) is 18.2 Å². The Morgan fingerprint density at radius 2 is 2.06 bits per heavy atom. The Hall–Kier alpha value is -2.77. The highest BCUT2D eigenvalue weighted by atomic mass is 16.5. The molecule has 2 fully saturated rings. The minimum Gasteiger partial charge on any atom is -0.493 e. The molecule has 1 saturated carbocycles. The van der Waals surface area contributed by atoms with E-state index in [1.165, 1.54) is 5.56 Å². The molecule has 5 atom stereocenters. The summed E-state index contributed by atoms with van der Waals surface area (Å²) < 4.78 is 12.6. The summed E-state index contributed by atoms with van der Waals surface area (Å²) in [5.74, 6) is 1.52. The van der Waals surface area contributed by atoms with E-state index in [-0.39, 0.29) is 24.1 Å².